The number of hydrogen-bond donors (Lipinski definition) is 0. The zero-order valence-corrected chi connectivity index (χ0v) is 10.1. The Morgan fingerprint density at radius 3 is 2.69 bits per heavy atom. The Balaban J connectivity index is 1.92. The predicted molar refractivity (Wildman–Crippen MR) is 58.9 cm³/mol. The zero-order chi connectivity index (χ0) is 11.4. The molecule has 0 aromatic heterocycles. The lowest BCUT2D eigenvalue weighted by molar-refractivity contribution is -0.245. The molecular formula is C13H20O3. The van der Waals surface area contributed by atoms with E-state index in [1.807, 2.05) is 0 Å². The molecule has 0 aromatic carbocycles. The molecule has 3 heteroatoms. The maximum Gasteiger partial charge on any atom is 0.171 e. The topological polar surface area (TPSA) is 35.5 Å². The van der Waals surface area contributed by atoms with Crippen molar-refractivity contribution in [2.45, 2.75) is 45.3 Å². The quantitative estimate of drug-likeness (QED) is 0.632. The van der Waals surface area contributed by atoms with Crippen LogP contribution in [0.15, 0.2) is 0 Å². The van der Waals surface area contributed by atoms with Crippen LogP contribution in [0.25, 0.3) is 0 Å². The Labute approximate surface area is 96.5 Å². The van der Waals surface area contributed by atoms with Crippen LogP contribution >= 0.6 is 0 Å². The third-order valence-corrected chi connectivity index (χ3v) is 5.25. The fourth-order valence-corrected chi connectivity index (χ4v) is 4.05. The third-order valence-electron chi connectivity index (χ3n) is 5.25. The predicted octanol–water partition coefficient (Wildman–Crippen LogP) is 2.14. The van der Waals surface area contributed by atoms with Crippen molar-refractivity contribution in [3.05, 3.63) is 0 Å². The molecule has 1 spiro atoms. The summed E-state index contributed by atoms with van der Waals surface area (Å²) >= 11 is 0. The lowest BCUT2D eigenvalue weighted by Crippen LogP contribution is -2.51. The van der Waals surface area contributed by atoms with Gasteiger partial charge in [0.25, 0.3) is 0 Å². The van der Waals surface area contributed by atoms with Crippen molar-refractivity contribution in [3.8, 4) is 0 Å². The van der Waals surface area contributed by atoms with Gasteiger partial charge in [-0.3, -0.25) is 4.79 Å². The molecule has 0 amide bonds. The maximum atomic E-state index is 11.7. The molecule has 3 aliphatic rings. The van der Waals surface area contributed by atoms with Gasteiger partial charge in [-0.1, -0.05) is 13.8 Å². The summed E-state index contributed by atoms with van der Waals surface area (Å²) in [5, 5.41) is 0. The van der Waals surface area contributed by atoms with Crippen molar-refractivity contribution in [3.63, 3.8) is 0 Å². The van der Waals surface area contributed by atoms with Crippen molar-refractivity contribution in [2.24, 2.45) is 17.3 Å². The van der Waals surface area contributed by atoms with E-state index in [0.717, 1.165) is 19.3 Å². The molecule has 3 atom stereocenters. The lowest BCUT2D eigenvalue weighted by atomic mass is 9.61. The Hall–Kier alpha value is -0.410. The molecule has 0 N–H and O–H groups in total. The molecule has 2 aliphatic carbocycles. The molecule has 0 radical (unpaired) electrons. The first kappa shape index (κ1) is 10.7. The number of fused-ring (bicyclic) bond motifs is 1. The van der Waals surface area contributed by atoms with E-state index in [9.17, 15) is 4.79 Å². The summed E-state index contributed by atoms with van der Waals surface area (Å²) in [6.45, 7) is 5.87. The Morgan fingerprint density at radius 2 is 2.00 bits per heavy atom. The van der Waals surface area contributed by atoms with Gasteiger partial charge in [0.2, 0.25) is 0 Å². The molecule has 0 unspecified atom stereocenters. The Morgan fingerprint density at radius 1 is 1.31 bits per heavy atom. The van der Waals surface area contributed by atoms with E-state index in [1.54, 1.807) is 0 Å². The first-order valence-corrected chi connectivity index (χ1v) is 6.36. The molecule has 1 heterocycles. The number of carbonyl (C=O) groups is 1. The molecular weight excluding hydrogens is 204 g/mol. The van der Waals surface area contributed by atoms with Crippen LogP contribution in [0.1, 0.15) is 39.5 Å². The van der Waals surface area contributed by atoms with Gasteiger partial charge in [-0.15, -0.1) is 0 Å². The van der Waals surface area contributed by atoms with Gasteiger partial charge in [0.1, 0.15) is 5.78 Å². The largest absolute Gasteiger partial charge is 0.347 e. The van der Waals surface area contributed by atoms with Gasteiger partial charge in [-0.05, 0) is 17.8 Å². The van der Waals surface area contributed by atoms with E-state index in [0.29, 0.717) is 37.3 Å². The van der Waals surface area contributed by atoms with Gasteiger partial charge in [0.15, 0.2) is 5.79 Å². The van der Waals surface area contributed by atoms with E-state index >= 15 is 0 Å². The minimum absolute atomic E-state index is 0.0969. The standard InChI is InChI=1S/C13H20O3/c1-9-12(2)8-11(14)7-10(12)3-4-13(9)15-5-6-16-13/h9-10H,3-8H2,1-2H3/t9-,10+,12+/m1/s1. The minimum atomic E-state index is -0.379. The van der Waals surface area contributed by atoms with Crippen LogP contribution in [-0.4, -0.2) is 24.8 Å². The SMILES string of the molecule is C[C@H]1C2(CC[C@H]3CC(=O)C[C@]31C)OCCO2. The molecule has 2 saturated carbocycles. The molecule has 3 fully saturated rings. The summed E-state index contributed by atoms with van der Waals surface area (Å²) in [5.74, 6) is 0.922. The molecule has 90 valence electrons. The fraction of sp³-hybridized carbons (Fsp3) is 0.923. The smallest absolute Gasteiger partial charge is 0.171 e. The number of ketones is 1. The van der Waals surface area contributed by atoms with E-state index in [1.165, 1.54) is 0 Å². The van der Waals surface area contributed by atoms with Crippen LogP contribution in [0.2, 0.25) is 0 Å². The van der Waals surface area contributed by atoms with Gasteiger partial charge in [-0.25, -0.2) is 0 Å². The zero-order valence-electron chi connectivity index (χ0n) is 10.1. The summed E-state index contributed by atoms with van der Waals surface area (Å²) in [4.78, 5) is 11.7. The van der Waals surface area contributed by atoms with Gasteiger partial charge in [0.05, 0.1) is 13.2 Å². The number of Topliss-reactive ketones (excluding diaryl/α,β-unsaturated/α-hetero) is 1. The van der Waals surface area contributed by atoms with E-state index in [2.05, 4.69) is 13.8 Å². The van der Waals surface area contributed by atoms with E-state index < -0.39 is 0 Å². The average molecular weight is 224 g/mol. The third kappa shape index (κ3) is 1.25. The number of hydrogen-bond acceptors (Lipinski definition) is 3. The van der Waals surface area contributed by atoms with Gasteiger partial charge in [0, 0.05) is 25.2 Å². The first-order valence-electron chi connectivity index (χ1n) is 6.36. The molecule has 1 saturated heterocycles. The van der Waals surface area contributed by atoms with Crippen molar-refractivity contribution < 1.29 is 14.3 Å². The fourth-order valence-electron chi connectivity index (χ4n) is 4.05. The second-order valence-electron chi connectivity index (χ2n) is 5.89. The number of carbonyl (C=O) groups excluding carboxylic acids is 1. The highest BCUT2D eigenvalue weighted by molar-refractivity contribution is 5.82. The van der Waals surface area contributed by atoms with Gasteiger partial charge in [-0.2, -0.15) is 0 Å². The Kier molecular flexibility index (Phi) is 2.21. The minimum Gasteiger partial charge on any atom is -0.347 e. The lowest BCUT2D eigenvalue weighted by Gasteiger charge is -2.50. The normalized spacial score (nSPS) is 46.2. The highest BCUT2D eigenvalue weighted by atomic mass is 16.7. The summed E-state index contributed by atoms with van der Waals surface area (Å²) in [6, 6.07) is 0. The summed E-state index contributed by atoms with van der Waals surface area (Å²) < 4.78 is 11.7. The summed E-state index contributed by atoms with van der Waals surface area (Å²) in [7, 11) is 0. The second-order valence-corrected chi connectivity index (χ2v) is 5.89. The molecule has 0 aromatic rings. The summed E-state index contributed by atoms with van der Waals surface area (Å²) in [6.07, 6.45) is 3.53. The molecule has 3 rings (SSSR count). The number of ether oxygens (including phenoxy) is 2. The van der Waals surface area contributed by atoms with Crippen molar-refractivity contribution >= 4 is 5.78 Å². The van der Waals surface area contributed by atoms with Gasteiger partial charge < -0.3 is 9.47 Å². The van der Waals surface area contributed by atoms with Crippen LogP contribution in [-0.2, 0) is 14.3 Å². The van der Waals surface area contributed by atoms with Crippen LogP contribution < -0.4 is 0 Å². The summed E-state index contributed by atoms with van der Waals surface area (Å²) in [5.41, 5.74) is 0.0969. The maximum absolute atomic E-state index is 11.7. The molecule has 0 bridgehead atoms. The van der Waals surface area contributed by atoms with Crippen LogP contribution in [0.3, 0.4) is 0 Å². The average Bonchev–Trinajstić information content (AvgIpc) is 2.80. The second kappa shape index (κ2) is 3.30. The van der Waals surface area contributed by atoms with Crippen LogP contribution in [0.4, 0.5) is 0 Å². The molecule has 1 aliphatic heterocycles. The highest BCUT2D eigenvalue weighted by Gasteiger charge is 2.59. The van der Waals surface area contributed by atoms with Crippen LogP contribution in [0.5, 0.6) is 0 Å². The number of rotatable bonds is 0. The molecule has 3 nitrogen and oxygen atoms in total. The Bertz CT molecular complexity index is 319. The monoisotopic (exact) mass is 224 g/mol. The van der Waals surface area contributed by atoms with E-state index in [4.69, 9.17) is 9.47 Å². The van der Waals surface area contributed by atoms with Crippen molar-refractivity contribution in [1.82, 2.24) is 0 Å². The molecule has 16 heavy (non-hydrogen) atoms. The first-order chi connectivity index (χ1) is 7.57. The van der Waals surface area contributed by atoms with E-state index in [-0.39, 0.29) is 11.2 Å². The van der Waals surface area contributed by atoms with Crippen molar-refractivity contribution in [2.75, 3.05) is 13.2 Å². The van der Waals surface area contributed by atoms with Crippen molar-refractivity contribution in [1.29, 1.82) is 0 Å². The highest BCUT2D eigenvalue weighted by Crippen LogP contribution is 2.58. The van der Waals surface area contributed by atoms with Crippen LogP contribution in [0, 0.1) is 17.3 Å². The van der Waals surface area contributed by atoms with Gasteiger partial charge >= 0.3 is 0 Å².